The zero-order valence-corrected chi connectivity index (χ0v) is 11.4. The van der Waals surface area contributed by atoms with Gasteiger partial charge in [-0.3, -0.25) is 0 Å². The molecular formula is C16H24O2. The summed E-state index contributed by atoms with van der Waals surface area (Å²) in [6.07, 6.45) is 8.08. The van der Waals surface area contributed by atoms with Gasteiger partial charge in [0, 0.05) is 0 Å². The normalized spacial score (nSPS) is 17.7. The van der Waals surface area contributed by atoms with Crippen LogP contribution in [0.4, 0.5) is 0 Å². The second kappa shape index (κ2) is 7.42. The van der Waals surface area contributed by atoms with Crippen molar-refractivity contribution in [3.63, 3.8) is 0 Å². The molecule has 2 rings (SSSR count). The summed E-state index contributed by atoms with van der Waals surface area (Å²) in [5.41, 5.74) is 1.34. The van der Waals surface area contributed by atoms with E-state index in [2.05, 4.69) is 25.1 Å². The Kier molecular flexibility index (Phi) is 5.53. The average Bonchev–Trinajstić information content (AvgIpc) is 3.21. The van der Waals surface area contributed by atoms with E-state index in [1.807, 2.05) is 6.07 Å². The Hall–Kier alpha value is -1.02. The Morgan fingerprint density at radius 3 is 2.72 bits per heavy atom. The number of rotatable bonds is 9. The SMILES string of the molecule is CCCCCCCc1ccccc1OCC1CO1. The van der Waals surface area contributed by atoms with Crippen LogP contribution in [0.15, 0.2) is 24.3 Å². The van der Waals surface area contributed by atoms with Crippen molar-refractivity contribution < 1.29 is 9.47 Å². The van der Waals surface area contributed by atoms with Crippen molar-refractivity contribution in [3.8, 4) is 5.75 Å². The van der Waals surface area contributed by atoms with Crippen LogP contribution in [-0.4, -0.2) is 19.3 Å². The van der Waals surface area contributed by atoms with Gasteiger partial charge in [-0.15, -0.1) is 0 Å². The highest BCUT2D eigenvalue weighted by molar-refractivity contribution is 5.33. The molecular weight excluding hydrogens is 224 g/mol. The van der Waals surface area contributed by atoms with Gasteiger partial charge in [0.2, 0.25) is 0 Å². The molecule has 18 heavy (non-hydrogen) atoms. The van der Waals surface area contributed by atoms with Crippen LogP contribution in [0.2, 0.25) is 0 Å². The Morgan fingerprint density at radius 2 is 1.94 bits per heavy atom. The quantitative estimate of drug-likeness (QED) is 0.487. The average molecular weight is 248 g/mol. The summed E-state index contributed by atoms with van der Waals surface area (Å²) < 4.78 is 11.0. The Morgan fingerprint density at radius 1 is 1.17 bits per heavy atom. The van der Waals surface area contributed by atoms with Gasteiger partial charge in [0.25, 0.3) is 0 Å². The predicted molar refractivity (Wildman–Crippen MR) is 74.1 cm³/mol. The number of ether oxygens (including phenoxy) is 2. The van der Waals surface area contributed by atoms with Crippen LogP contribution < -0.4 is 4.74 Å². The largest absolute Gasteiger partial charge is 0.491 e. The molecule has 0 bridgehead atoms. The molecule has 1 aromatic rings. The van der Waals surface area contributed by atoms with Crippen molar-refractivity contribution in [2.75, 3.05) is 13.2 Å². The highest BCUT2D eigenvalue weighted by Crippen LogP contribution is 2.22. The van der Waals surface area contributed by atoms with Crippen molar-refractivity contribution in [1.29, 1.82) is 0 Å². The summed E-state index contributed by atoms with van der Waals surface area (Å²) in [7, 11) is 0. The molecule has 1 saturated heterocycles. The van der Waals surface area contributed by atoms with Crippen molar-refractivity contribution in [2.45, 2.75) is 51.6 Å². The maximum absolute atomic E-state index is 5.81. The maximum Gasteiger partial charge on any atom is 0.122 e. The van der Waals surface area contributed by atoms with Crippen LogP contribution in [-0.2, 0) is 11.2 Å². The van der Waals surface area contributed by atoms with Gasteiger partial charge >= 0.3 is 0 Å². The lowest BCUT2D eigenvalue weighted by molar-refractivity contribution is 0.261. The van der Waals surface area contributed by atoms with Gasteiger partial charge in [-0.25, -0.2) is 0 Å². The number of unbranched alkanes of at least 4 members (excludes halogenated alkanes) is 4. The van der Waals surface area contributed by atoms with Crippen LogP contribution in [0.25, 0.3) is 0 Å². The van der Waals surface area contributed by atoms with Gasteiger partial charge in [-0.2, -0.15) is 0 Å². The topological polar surface area (TPSA) is 21.8 Å². The van der Waals surface area contributed by atoms with E-state index in [-0.39, 0.29) is 0 Å². The molecule has 1 aliphatic heterocycles. The molecule has 0 saturated carbocycles. The number of epoxide rings is 1. The molecule has 2 nitrogen and oxygen atoms in total. The molecule has 0 radical (unpaired) electrons. The van der Waals surface area contributed by atoms with Crippen molar-refractivity contribution in [1.82, 2.24) is 0 Å². The zero-order chi connectivity index (χ0) is 12.6. The minimum atomic E-state index is 0.336. The second-order valence-electron chi connectivity index (χ2n) is 5.04. The Balaban J connectivity index is 1.74. The molecule has 2 heteroatoms. The molecule has 0 spiro atoms. The van der Waals surface area contributed by atoms with Crippen LogP contribution in [0.5, 0.6) is 5.75 Å². The van der Waals surface area contributed by atoms with E-state index in [4.69, 9.17) is 9.47 Å². The zero-order valence-electron chi connectivity index (χ0n) is 11.4. The number of para-hydroxylation sites is 1. The van der Waals surface area contributed by atoms with E-state index in [0.717, 1.165) is 18.8 Å². The van der Waals surface area contributed by atoms with E-state index in [1.54, 1.807) is 0 Å². The van der Waals surface area contributed by atoms with Crippen LogP contribution in [0, 0.1) is 0 Å². The molecule has 0 amide bonds. The molecule has 1 heterocycles. The lowest BCUT2D eigenvalue weighted by atomic mass is 10.0. The molecule has 100 valence electrons. The minimum absolute atomic E-state index is 0.336. The fraction of sp³-hybridized carbons (Fsp3) is 0.625. The maximum atomic E-state index is 5.81. The monoisotopic (exact) mass is 248 g/mol. The summed E-state index contributed by atoms with van der Waals surface area (Å²) in [5.74, 6) is 1.04. The molecule has 1 fully saturated rings. The van der Waals surface area contributed by atoms with E-state index in [1.165, 1.54) is 37.7 Å². The Labute approximate surface area is 110 Å². The van der Waals surface area contributed by atoms with Crippen molar-refractivity contribution in [2.24, 2.45) is 0 Å². The molecule has 1 aromatic carbocycles. The minimum Gasteiger partial charge on any atom is -0.491 e. The molecule has 0 aliphatic carbocycles. The van der Waals surface area contributed by atoms with E-state index in [9.17, 15) is 0 Å². The molecule has 1 atom stereocenters. The van der Waals surface area contributed by atoms with Crippen molar-refractivity contribution in [3.05, 3.63) is 29.8 Å². The van der Waals surface area contributed by atoms with Gasteiger partial charge in [-0.05, 0) is 24.5 Å². The predicted octanol–water partition coefficient (Wildman–Crippen LogP) is 3.98. The first kappa shape index (κ1) is 13.4. The van der Waals surface area contributed by atoms with E-state index in [0.29, 0.717) is 12.7 Å². The molecule has 0 N–H and O–H groups in total. The van der Waals surface area contributed by atoms with Gasteiger partial charge < -0.3 is 9.47 Å². The van der Waals surface area contributed by atoms with Crippen LogP contribution in [0.3, 0.4) is 0 Å². The smallest absolute Gasteiger partial charge is 0.122 e. The number of hydrogen-bond donors (Lipinski definition) is 0. The standard InChI is InChI=1S/C16H24O2/c1-2-3-4-5-6-9-14-10-7-8-11-16(14)18-13-15-12-17-15/h7-8,10-11,15H,2-6,9,12-13H2,1H3. The fourth-order valence-electron chi connectivity index (χ4n) is 2.12. The molecule has 1 unspecified atom stereocenters. The highest BCUT2D eigenvalue weighted by Gasteiger charge is 2.23. The second-order valence-corrected chi connectivity index (χ2v) is 5.04. The summed E-state index contributed by atoms with van der Waals surface area (Å²) in [5, 5.41) is 0. The van der Waals surface area contributed by atoms with E-state index >= 15 is 0 Å². The first-order chi connectivity index (χ1) is 8.90. The third-order valence-electron chi connectivity index (χ3n) is 3.35. The molecule has 1 aliphatic rings. The van der Waals surface area contributed by atoms with E-state index < -0.39 is 0 Å². The summed E-state index contributed by atoms with van der Waals surface area (Å²) in [6, 6.07) is 8.40. The highest BCUT2D eigenvalue weighted by atomic mass is 16.6. The van der Waals surface area contributed by atoms with Crippen LogP contribution >= 0.6 is 0 Å². The number of benzene rings is 1. The summed E-state index contributed by atoms with van der Waals surface area (Å²) in [4.78, 5) is 0. The lowest BCUT2D eigenvalue weighted by Gasteiger charge is -2.10. The first-order valence-corrected chi connectivity index (χ1v) is 7.22. The van der Waals surface area contributed by atoms with Gasteiger partial charge in [0.1, 0.15) is 18.5 Å². The van der Waals surface area contributed by atoms with Crippen molar-refractivity contribution >= 4 is 0 Å². The first-order valence-electron chi connectivity index (χ1n) is 7.22. The summed E-state index contributed by atoms with van der Waals surface area (Å²) in [6.45, 7) is 3.81. The third kappa shape index (κ3) is 4.69. The van der Waals surface area contributed by atoms with Gasteiger partial charge in [0.15, 0.2) is 0 Å². The van der Waals surface area contributed by atoms with Gasteiger partial charge in [-0.1, -0.05) is 50.8 Å². The van der Waals surface area contributed by atoms with Crippen LogP contribution in [0.1, 0.15) is 44.6 Å². The lowest BCUT2D eigenvalue weighted by Crippen LogP contribution is -2.05. The fourth-order valence-corrected chi connectivity index (χ4v) is 2.12. The number of aryl methyl sites for hydroxylation is 1. The van der Waals surface area contributed by atoms with Gasteiger partial charge in [0.05, 0.1) is 6.61 Å². The Bertz CT molecular complexity index is 345. The summed E-state index contributed by atoms with van der Waals surface area (Å²) >= 11 is 0. The molecule has 0 aromatic heterocycles. The number of hydrogen-bond acceptors (Lipinski definition) is 2. The third-order valence-corrected chi connectivity index (χ3v) is 3.35.